The summed E-state index contributed by atoms with van der Waals surface area (Å²) in [5, 5.41) is 8.93. The highest BCUT2D eigenvalue weighted by Crippen LogP contribution is 2.42. The van der Waals surface area contributed by atoms with Crippen molar-refractivity contribution in [3.8, 4) is 5.75 Å². The van der Waals surface area contributed by atoms with Crippen molar-refractivity contribution in [3.63, 3.8) is 0 Å². The molecule has 0 aromatic heterocycles. The molecule has 1 heterocycles. The van der Waals surface area contributed by atoms with Gasteiger partial charge in [-0.3, -0.25) is 4.79 Å². The van der Waals surface area contributed by atoms with Gasteiger partial charge < -0.3 is 9.84 Å². The maximum Gasteiger partial charge on any atom is 0.307 e. The van der Waals surface area contributed by atoms with E-state index < -0.39 is 11.6 Å². The number of hydrogen-bond acceptors (Lipinski definition) is 2. The van der Waals surface area contributed by atoms with Crippen LogP contribution in [0.15, 0.2) is 6.07 Å². The molecule has 1 aromatic carbocycles. The van der Waals surface area contributed by atoms with Crippen molar-refractivity contribution in [1.82, 2.24) is 0 Å². The van der Waals surface area contributed by atoms with Crippen LogP contribution in [-0.4, -0.2) is 16.7 Å². The second-order valence-corrected chi connectivity index (χ2v) is 5.24. The van der Waals surface area contributed by atoms with E-state index in [-0.39, 0.29) is 6.42 Å². The third-order valence-corrected chi connectivity index (χ3v) is 3.54. The highest BCUT2D eigenvalue weighted by molar-refractivity contribution is 5.69. The van der Waals surface area contributed by atoms with Gasteiger partial charge in [-0.15, -0.1) is 0 Å². The number of ether oxygens (including phenoxy) is 1. The van der Waals surface area contributed by atoms with Crippen molar-refractivity contribution in [2.24, 2.45) is 0 Å². The smallest absolute Gasteiger partial charge is 0.307 e. The van der Waals surface area contributed by atoms with Gasteiger partial charge in [-0.2, -0.15) is 0 Å². The molecular formula is C14H18O3. The molecule has 1 aliphatic heterocycles. The molecule has 92 valence electrons. The Morgan fingerprint density at radius 3 is 2.65 bits per heavy atom. The van der Waals surface area contributed by atoms with E-state index in [9.17, 15) is 4.79 Å². The standard InChI is InChI=1S/C14H18O3/c1-8-5-9(2)11-6-14(4,7-12(15)16)17-13(11)10(8)3/h5H,6-7H2,1-4H3,(H,15,16). The minimum absolute atomic E-state index is 0.0413. The summed E-state index contributed by atoms with van der Waals surface area (Å²) >= 11 is 0. The van der Waals surface area contributed by atoms with Gasteiger partial charge >= 0.3 is 5.97 Å². The first kappa shape index (κ1) is 12.0. The molecule has 2 rings (SSSR count). The molecule has 1 aromatic rings. The molecule has 0 bridgehead atoms. The second kappa shape index (κ2) is 3.76. The van der Waals surface area contributed by atoms with Gasteiger partial charge in [0.05, 0.1) is 6.42 Å². The molecule has 0 fully saturated rings. The molecule has 0 aliphatic carbocycles. The number of aliphatic carboxylic acids is 1. The lowest BCUT2D eigenvalue weighted by Crippen LogP contribution is -2.33. The van der Waals surface area contributed by atoms with E-state index >= 15 is 0 Å². The van der Waals surface area contributed by atoms with Crippen LogP contribution in [0.5, 0.6) is 5.75 Å². The summed E-state index contributed by atoms with van der Waals surface area (Å²) in [5.74, 6) is 0.0820. The van der Waals surface area contributed by atoms with E-state index in [1.165, 1.54) is 11.1 Å². The summed E-state index contributed by atoms with van der Waals surface area (Å²) in [4.78, 5) is 10.9. The van der Waals surface area contributed by atoms with Crippen LogP contribution in [0.1, 0.15) is 35.6 Å². The number of carboxylic acid groups (broad SMARTS) is 1. The van der Waals surface area contributed by atoms with E-state index in [4.69, 9.17) is 9.84 Å². The van der Waals surface area contributed by atoms with Crippen LogP contribution in [-0.2, 0) is 11.2 Å². The van der Waals surface area contributed by atoms with Gasteiger partial charge in [-0.05, 0) is 44.4 Å². The zero-order valence-electron chi connectivity index (χ0n) is 10.8. The molecule has 3 heteroatoms. The lowest BCUT2D eigenvalue weighted by atomic mass is 9.92. The quantitative estimate of drug-likeness (QED) is 0.855. The number of rotatable bonds is 2. The average molecular weight is 234 g/mol. The Hall–Kier alpha value is -1.51. The molecule has 3 nitrogen and oxygen atoms in total. The van der Waals surface area contributed by atoms with Gasteiger partial charge in [-0.25, -0.2) is 0 Å². The van der Waals surface area contributed by atoms with E-state index in [0.29, 0.717) is 6.42 Å². The first-order chi connectivity index (χ1) is 7.82. The van der Waals surface area contributed by atoms with E-state index in [1.54, 1.807) is 0 Å². The molecule has 0 spiro atoms. The van der Waals surface area contributed by atoms with Gasteiger partial charge in [0, 0.05) is 12.0 Å². The Bertz CT molecular complexity index is 491. The first-order valence-electron chi connectivity index (χ1n) is 5.83. The number of carbonyl (C=O) groups is 1. The third kappa shape index (κ3) is 2.02. The summed E-state index contributed by atoms with van der Waals surface area (Å²) in [6, 6.07) is 2.14. The Morgan fingerprint density at radius 2 is 2.06 bits per heavy atom. The van der Waals surface area contributed by atoms with Crippen LogP contribution in [0.4, 0.5) is 0 Å². The summed E-state index contributed by atoms with van der Waals surface area (Å²) in [7, 11) is 0. The van der Waals surface area contributed by atoms with Crippen LogP contribution in [0.3, 0.4) is 0 Å². The average Bonchev–Trinajstić information content (AvgIpc) is 2.52. The highest BCUT2D eigenvalue weighted by Gasteiger charge is 2.38. The predicted octanol–water partition coefficient (Wildman–Crippen LogP) is 2.78. The van der Waals surface area contributed by atoms with Gasteiger partial charge in [0.1, 0.15) is 11.4 Å². The van der Waals surface area contributed by atoms with Gasteiger partial charge in [0.25, 0.3) is 0 Å². The molecule has 0 radical (unpaired) electrons. The minimum Gasteiger partial charge on any atom is -0.486 e. The monoisotopic (exact) mass is 234 g/mol. The van der Waals surface area contributed by atoms with Crippen molar-refractivity contribution in [3.05, 3.63) is 28.3 Å². The topological polar surface area (TPSA) is 46.5 Å². The fourth-order valence-electron chi connectivity index (χ4n) is 2.54. The number of benzene rings is 1. The highest BCUT2D eigenvalue weighted by atomic mass is 16.5. The molecule has 1 unspecified atom stereocenters. The Kier molecular flexibility index (Phi) is 2.64. The maximum atomic E-state index is 10.9. The summed E-state index contributed by atoms with van der Waals surface area (Å²) in [5.41, 5.74) is 4.08. The van der Waals surface area contributed by atoms with Crippen LogP contribution in [0, 0.1) is 20.8 Å². The normalized spacial score (nSPS) is 22.1. The van der Waals surface area contributed by atoms with E-state index in [1.807, 2.05) is 13.8 Å². The van der Waals surface area contributed by atoms with Gasteiger partial charge in [0.15, 0.2) is 0 Å². The molecule has 1 N–H and O–H groups in total. The largest absolute Gasteiger partial charge is 0.486 e. The number of carboxylic acids is 1. The fourth-order valence-corrected chi connectivity index (χ4v) is 2.54. The van der Waals surface area contributed by atoms with Crippen molar-refractivity contribution in [2.75, 3.05) is 0 Å². The molecule has 0 saturated heterocycles. The Labute approximate surface area is 101 Å². The Balaban J connectivity index is 2.42. The summed E-state index contributed by atoms with van der Waals surface area (Å²) in [6.07, 6.45) is 0.723. The molecule has 1 aliphatic rings. The molecular weight excluding hydrogens is 216 g/mol. The predicted molar refractivity (Wildman–Crippen MR) is 65.6 cm³/mol. The van der Waals surface area contributed by atoms with Crippen molar-refractivity contribution < 1.29 is 14.6 Å². The molecule has 0 saturated carbocycles. The van der Waals surface area contributed by atoms with Crippen LogP contribution in [0.2, 0.25) is 0 Å². The van der Waals surface area contributed by atoms with E-state index in [0.717, 1.165) is 16.9 Å². The summed E-state index contributed by atoms with van der Waals surface area (Å²) in [6.45, 7) is 8.01. The first-order valence-corrected chi connectivity index (χ1v) is 5.83. The SMILES string of the molecule is Cc1cc(C)c2c(c1C)OC(C)(CC(=O)O)C2. The summed E-state index contributed by atoms with van der Waals surface area (Å²) < 4.78 is 5.92. The lowest BCUT2D eigenvalue weighted by Gasteiger charge is -2.22. The Morgan fingerprint density at radius 1 is 1.41 bits per heavy atom. The van der Waals surface area contributed by atoms with Crippen molar-refractivity contribution >= 4 is 5.97 Å². The number of aryl methyl sites for hydroxylation is 2. The zero-order chi connectivity index (χ0) is 12.8. The number of hydrogen-bond donors (Lipinski definition) is 1. The van der Waals surface area contributed by atoms with Gasteiger partial charge in [-0.1, -0.05) is 6.07 Å². The fraction of sp³-hybridized carbons (Fsp3) is 0.500. The van der Waals surface area contributed by atoms with Crippen molar-refractivity contribution in [1.29, 1.82) is 0 Å². The van der Waals surface area contributed by atoms with E-state index in [2.05, 4.69) is 19.9 Å². The molecule has 0 amide bonds. The van der Waals surface area contributed by atoms with Crippen LogP contribution < -0.4 is 4.74 Å². The molecule has 17 heavy (non-hydrogen) atoms. The third-order valence-electron chi connectivity index (χ3n) is 3.54. The van der Waals surface area contributed by atoms with Crippen LogP contribution in [0.25, 0.3) is 0 Å². The lowest BCUT2D eigenvalue weighted by molar-refractivity contribution is -0.140. The maximum absolute atomic E-state index is 10.9. The van der Waals surface area contributed by atoms with Gasteiger partial charge in [0.2, 0.25) is 0 Å². The van der Waals surface area contributed by atoms with Crippen LogP contribution >= 0.6 is 0 Å². The van der Waals surface area contributed by atoms with Crippen molar-refractivity contribution in [2.45, 2.75) is 46.1 Å². The zero-order valence-corrected chi connectivity index (χ0v) is 10.8. The second-order valence-electron chi connectivity index (χ2n) is 5.24. The molecule has 1 atom stereocenters. The number of fused-ring (bicyclic) bond motifs is 1. The minimum atomic E-state index is -0.813.